The number of ether oxygens (including phenoxy) is 2. The molecule has 0 saturated heterocycles. The lowest BCUT2D eigenvalue weighted by Crippen LogP contribution is -2.20. The Morgan fingerprint density at radius 1 is 1.20 bits per heavy atom. The van der Waals surface area contributed by atoms with Crippen LogP contribution >= 0.6 is 0 Å². The third-order valence-electron chi connectivity index (χ3n) is 3.09. The molecule has 1 atom stereocenters. The van der Waals surface area contributed by atoms with Crippen molar-refractivity contribution in [3.8, 4) is 11.5 Å². The highest BCUT2D eigenvalue weighted by molar-refractivity contribution is 5.39. The molecule has 5 nitrogen and oxygen atoms in total. The summed E-state index contributed by atoms with van der Waals surface area (Å²) in [5.41, 5.74) is 1.92. The number of aromatic nitrogens is 1. The van der Waals surface area contributed by atoms with Crippen LogP contribution in [0.5, 0.6) is 11.5 Å². The molecule has 3 N–H and O–H groups in total. The molecular weight excluding hydrogens is 256 g/mol. The molecule has 1 unspecified atom stereocenters. The summed E-state index contributed by atoms with van der Waals surface area (Å²) in [6.45, 7) is 1.17. The van der Waals surface area contributed by atoms with Gasteiger partial charge < -0.3 is 24.9 Å². The summed E-state index contributed by atoms with van der Waals surface area (Å²) in [6.07, 6.45) is 3.19. The lowest BCUT2D eigenvalue weighted by Gasteiger charge is -2.14. The second-order valence-corrected chi connectivity index (χ2v) is 4.51. The van der Waals surface area contributed by atoms with E-state index in [0.29, 0.717) is 24.6 Å². The van der Waals surface area contributed by atoms with E-state index in [1.54, 1.807) is 20.3 Å². The Morgan fingerprint density at radius 2 is 1.90 bits per heavy atom. The fraction of sp³-hybridized carbons (Fsp3) is 0.333. The van der Waals surface area contributed by atoms with Gasteiger partial charge in [0.1, 0.15) is 11.5 Å². The molecule has 0 spiro atoms. The van der Waals surface area contributed by atoms with Crippen LogP contribution in [-0.4, -0.2) is 30.9 Å². The van der Waals surface area contributed by atoms with Gasteiger partial charge in [0.05, 0.1) is 20.3 Å². The highest BCUT2D eigenvalue weighted by Gasteiger charge is 2.10. The van der Waals surface area contributed by atoms with Gasteiger partial charge in [0.2, 0.25) is 0 Å². The average Bonchev–Trinajstić information content (AvgIpc) is 2.99. The quantitative estimate of drug-likeness (QED) is 0.722. The van der Waals surface area contributed by atoms with E-state index >= 15 is 0 Å². The van der Waals surface area contributed by atoms with Crippen LogP contribution in [0.3, 0.4) is 0 Å². The van der Waals surface area contributed by atoms with Crippen molar-refractivity contribution in [3.05, 3.63) is 47.8 Å². The number of rotatable bonds is 7. The van der Waals surface area contributed by atoms with Crippen molar-refractivity contribution >= 4 is 0 Å². The second kappa shape index (κ2) is 6.98. The topological polar surface area (TPSA) is 66.5 Å². The molecule has 1 aromatic heterocycles. The fourth-order valence-electron chi connectivity index (χ4n) is 1.96. The molecular formula is C15H20N2O3. The molecule has 20 heavy (non-hydrogen) atoms. The van der Waals surface area contributed by atoms with Gasteiger partial charge in [-0.3, -0.25) is 0 Å². The standard InChI is InChI=1S/C15H20N2O3/c1-19-13-5-12(6-14(7-13)20-2)15(18)10-17-9-11-3-4-16-8-11/h3-8,15-18H,9-10H2,1-2H3. The Kier molecular flexibility index (Phi) is 5.03. The van der Waals surface area contributed by atoms with Gasteiger partial charge in [-0.2, -0.15) is 0 Å². The van der Waals surface area contributed by atoms with Gasteiger partial charge in [-0.25, -0.2) is 0 Å². The molecule has 0 bridgehead atoms. The zero-order valence-corrected chi connectivity index (χ0v) is 11.7. The van der Waals surface area contributed by atoms with E-state index in [1.807, 2.05) is 30.6 Å². The van der Waals surface area contributed by atoms with Crippen molar-refractivity contribution in [2.75, 3.05) is 20.8 Å². The van der Waals surface area contributed by atoms with Gasteiger partial charge in [-0.1, -0.05) is 0 Å². The summed E-state index contributed by atoms with van der Waals surface area (Å²) >= 11 is 0. The number of aromatic amines is 1. The number of aliphatic hydroxyl groups is 1. The summed E-state index contributed by atoms with van der Waals surface area (Å²) in [6, 6.07) is 7.40. The van der Waals surface area contributed by atoms with E-state index in [4.69, 9.17) is 9.47 Å². The largest absolute Gasteiger partial charge is 0.497 e. The van der Waals surface area contributed by atoms with Crippen molar-refractivity contribution < 1.29 is 14.6 Å². The number of hydrogen-bond acceptors (Lipinski definition) is 4. The van der Waals surface area contributed by atoms with Gasteiger partial charge in [0.25, 0.3) is 0 Å². The van der Waals surface area contributed by atoms with Crippen LogP contribution in [0.2, 0.25) is 0 Å². The van der Waals surface area contributed by atoms with Gasteiger partial charge >= 0.3 is 0 Å². The summed E-state index contributed by atoms with van der Waals surface area (Å²) in [4.78, 5) is 2.99. The van der Waals surface area contributed by atoms with E-state index in [-0.39, 0.29) is 0 Å². The summed E-state index contributed by atoms with van der Waals surface area (Å²) in [7, 11) is 3.18. The smallest absolute Gasteiger partial charge is 0.122 e. The number of aliphatic hydroxyl groups excluding tert-OH is 1. The number of hydrogen-bond donors (Lipinski definition) is 3. The van der Waals surface area contributed by atoms with Gasteiger partial charge in [-0.05, 0) is 29.3 Å². The van der Waals surface area contributed by atoms with Crippen LogP contribution in [-0.2, 0) is 6.54 Å². The molecule has 0 radical (unpaired) electrons. The minimum atomic E-state index is -0.613. The van der Waals surface area contributed by atoms with Crippen molar-refractivity contribution in [3.63, 3.8) is 0 Å². The SMILES string of the molecule is COc1cc(OC)cc(C(O)CNCc2cc[nH]c2)c1. The Labute approximate surface area is 118 Å². The van der Waals surface area contributed by atoms with Crippen LogP contribution in [0, 0.1) is 0 Å². The molecule has 0 aliphatic heterocycles. The Morgan fingerprint density at radius 3 is 2.45 bits per heavy atom. The van der Waals surface area contributed by atoms with Crippen molar-refractivity contribution in [2.24, 2.45) is 0 Å². The predicted octanol–water partition coefficient (Wildman–Crippen LogP) is 1.86. The van der Waals surface area contributed by atoms with Crippen LogP contribution in [0.4, 0.5) is 0 Å². The second-order valence-electron chi connectivity index (χ2n) is 4.51. The van der Waals surface area contributed by atoms with Crippen LogP contribution in [0.25, 0.3) is 0 Å². The highest BCUT2D eigenvalue weighted by atomic mass is 16.5. The monoisotopic (exact) mass is 276 g/mol. The molecule has 0 aliphatic carbocycles. The Balaban J connectivity index is 1.95. The minimum Gasteiger partial charge on any atom is -0.497 e. The van der Waals surface area contributed by atoms with Crippen LogP contribution in [0.1, 0.15) is 17.2 Å². The van der Waals surface area contributed by atoms with Crippen molar-refractivity contribution in [1.82, 2.24) is 10.3 Å². The van der Waals surface area contributed by atoms with Crippen molar-refractivity contribution in [2.45, 2.75) is 12.6 Å². The zero-order chi connectivity index (χ0) is 14.4. The van der Waals surface area contributed by atoms with Crippen LogP contribution < -0.4 is 14.8 Å². The lowest BCUT2D eigenvalue weighted by atomic mass is 10.1. The third kappa shape index (κ3) is 3.76. The van der Waals surface area contributed by atoms with Crippen molar-refractivity contribution in [1.29, 1.82) is 0 Å². The molecule has 2 aromatic rings. The van der Waals surface area contributed by atoms with Gasteiger partial charge in [0.15, 0.2) is 0 Å². The Bertz CT molecular complexity index is 504. The summed E-state index contributed by atoms with van der Waals surface area (Å²) in [5.74, 6) is 1.34. The van der Waals surface area contributed by atoms with E-state index < -0.39 is 6.10 Å². The first-order valence-corrected chi connectivity index (χ1v) is 6.46. The number of H-pyrrole nitrogens is 1. The minimum absolute atomic E-state index is 0.460. The maximum absolute atomic E-state index is 10.2. The zero-order valence-electron chi connectivity index (χ0n) is 11.7. The van der Waals surface area contributed by atoms with Gasteiger partial charge in [-0.15, -0.1) is 0 Å². The molecule has 0 amide bonds. The maximum Gasteiger partial charge on any atom is 0.122 e. The number of methoxy groups -OCH3 is 2. The van der Waals surface area contributed by atoms with E-state index in [2.05, 4.69) is 10.3 Å². The molecule has 108 valence electrons. The molecule has 0 fully saturated rings. The molecule has 1 aromatic carbocycles. The lowest BCUT2D eigenvalue weighted by molar-refractivity contribution is 0.173. The van der Waals surface area contributed by atoms with Gasteiger partial charge in [0, 0.05) is 31.5 Å². The third-order valence-corrected chi connectivity index (χ3v) is 3.09. The molecule has 1 heterocycles. The molecule has 5 heteroatoms. The first kappa shape index (κ1) is 14.4. The normalized spacial score (nSPS) is 12.2. The Hall–Kier alpha value is -1.98. The average molecular weight is 276 g/mol. The van der Waals surface area contributed by atoms with E-state index in [0.717, 1.165) is 11.1 Å². The number of nitrogens with one attached hydrogen (secondary N) is 2. The van der Waals surface area contributed by atoms with E-state index in [1.165, 1.54) is 0 Å². The van der Waals surface area contributed by atoms with Crippen LogP contribution in [0.15, 0.2) is 36.7 Å². The molecule has 2 rings (SSSR count). The maximum atomic E-state index is 10.2. The summed E-state index contributed by atoms with van der Waals surface area (Å²) in [5, 5.41) is 13.4. The predicted molar refractivity (Wildman–Crippen MR) is 77.0 cm³/mol. The molecule has 0 saturated carbocycles. The first-order chi connectivity index (χ1) is 9.72. The highest BCUT2D eigenvalue weighted by Crippen LogP contribution is 2.26. The summed E-state index contributed by atoms with van der Waals surface area (Å²) < 4.78 is 10.4. The fourth-order valence-corrected chi connectivity index (χ4v) is 1.96. The number of benzene rings is 1. The first-order valence-electron chi connectivity index (χ1n) is 6.46. The van der Waals surface area contributed by atoms with E-state index in [9.17, 15) is 5.11 Å². The molecule has 0 aliphatic rings.